The molecule has 1 heterocycles. The number of hydrogen-bond acceptors (Lipinski definition) is 6. The van der Waals surface area contributed by atoms with Gasteiger partial charge in [0.05, 0.1) is 13.3 Å². The van der Waals surface area contributed by atoms with Crippen molar-refractivity contribution in [3.63, 3.8) is 0 Å². The molecule has 162 valence electrons. The highest BCUT2D eigenvalue weighted by Gasteiger charge is 2.38. The zero-order valence-corrected chi connectivity index (χ0v) is 16.5. The number of benzene rings is 1. The predicted molar refractivity (Wildman–Crippen MR) is 104 cm³/mol. The Morgan fingerprint density at radius 2 is 2.00 bits per heavy atom. The first-order valence-corrected chi connectivity index (χ1v) is 9.66. The van der Waals surface area contributed by atoms with E-state index in [-0.39, 0.29) is 5.95 Å². The largest absolute Gasteiger partial charge is 0.497 e. The minimum Gasteiger partial charge on any atom is -0.497 e. The Bertz CT molecular complexity index is 871. The fraction of sp³-hybridized carbons (Fsp3) is 0.450. The van der Waals surface area contributed by atoms with E-state index in [2.05, 4.69) is 20.6 Å². The lowest BCUT2D eigenvalue weighted by Gasteiger charge is -2.21. The number of methoxy groups -OCH3 is 1. The molecule has 1 aromatic carbocycles. The summed E-state index contributed by atoms with van der Waals surface area (Å²) in [4.78, 5) is 19.3. The third kappa shape index (κ3) is 5.98. The second-order valence-electron chi connectivity index (χ2n) is 7.04. The van der Waals surface area contributed by atoms with E-state index < -0.39 is 23.7 Å². The van der Waals surface area contributed by atoms with Crippen molar-refractivity contribution in [1.82, 2.24) is 15.3 Å². The Hall–Kier alpha value is -3.04. The first kappa shape index (κ1) is 21.7. The first-order valence-electron chi connectivity index (χ1n) is 9.66. The summed E-state index contributed by atoms with van der Waals surface area (Å²) in [5, 5.41) is 5.21. The summed E-state index contributed by atoms with van der Waals surface area (Å²) in [6.07, 6.45) is 0.381. The summed E-state index contributed by atoms with van der Waals surface area (Å²) in [5.74, 6) is -0.199. The van der Waals surface area contributed by atoms with Gasteiger partial charge in [-0.1, -0.05) is 25.3 Å². The summed E-state index contributed by atoms with van der Waals surface area (Å²) in [6.45, 7) is 0.372. The maximum absolute atomic E-state index is 13.5. The lowest BCUT2D eigenvalue weighted by Crippen LogP contribution is -2.33. The van der Waals surface area contributed by atoms with Gasteiger partial charge in [0.15, 0.2) is 11.4 Å². The van der Waals surface area contributed by atoms with Gasteiger partial charge in [0, 0.05) is 18.3 Å². The molecule has 7 nitrogen and oxygen atoms in total. The molecule has 2 aromatic rings. The number of anilines is 2. The molecule has 0 saturated heterocycles. The zero-order valence-electron chi connectivity index (χ0n) is 16.5. The molecule has 0 bridgehead atoms. The minimum absolute atomic E-state index is 0.287. The van der Waals surface area contributed by atoms with Gasteiger partial charge in [-0.2, -0.15) is 13.2 Å². The second kappa shape index (κ2) is 9.64. The smallest absolute Gasteiger partial charge is 0.437 e. The number of hydrogen-bond donors (Lipinski definition) is 2. The van der Waals surface area contributed by atoms with Crippen LogP contribution in [-0.2, 0) is 6.18 Å². The number of carbonyl (C=O) groups is 1. The fourth-order valence-corrected chi connectivity index (χ4v) is 3.29. The summed E-state index contributed by atoms with van der Waals surface area (Å²) < 4.78 is 50.3. The van der Waals surface area contributed by atoms with E-state index in [1.807, 2.05) is 0 Å². The van der Waals surface area contributed by atoms with Crippen molar-refractivity contribution >= 4 is 17.7 Å². The van der Waals surface area contributed by atoms with Crippen LogP contribution in [0, 0.1) is 5.92 Å². The van der Waals surface area contributed by atoms with Gasteiger partial charge in [0.2, 0.25) is 5.95 Å². The molecule has 10 heteroatoms. The van der Waals surface area contributed by atoms with Crippen LogP contribution in [0.15, 0.2) is 30.5 Å². The molecule has 1 saturated carbocycles. The van der Waals surface area contributed by atoms with E-state index in [1.165, 1.54) is 13.5 Å². The second-order valence-corrected chi connectivity index (χ2v) is 7.04. The van der Waals surface area contributed by atoms with Gasteiger partial charge in [-0.25, -0.2) is 14.8 Å². The normalized spacial score (nSPS) is 14.8. The molecule has 2 N–H and O–H groups in total. The molecule has 0 atom stereocenters. The summed E-state index contributed by atoms with van der Waals surface area (Å²) in [6, 6.07) is 6.57. The van der Waals surface area contributed by atoms with Crippen LogP contribution >= 0.6 is 0 Å². The molecule has 1 aliphatic rings. The van der Waals surface area contributed by atoms with Gasteiger partial charge in [-0.05, 0) is 30.9 Å². The van der Waals surface area contributed by atoms with Crippen molar-refractivity contribution < 1.29 is 27.4 Å². The van der Waals surface area contributed by atoms with Crippen LogP contribution in [-0.4, -0.2) is 29.7 Å². The Kier molecular flexibility index (Phi) is 6.96. The number of carbonyl (C=O) groups excluding carboxylic acids is 1. The quantitative estimate of drug-likeness (QED) is 0.685. The third-order valence-corrected chi connectivity index (χ3v) is 4.81. The Morgan fingerprint density at radius 3 is 2.70 bits per heavy atom. The summed E-state index contributed by atoms with van der Waals surface area (Å²) in [5.41, 5.74) is -0.892. The van der Waals surface area contributed by atoms with Crippen LogP contribution in [0.25, 0.3) is 0 Å². The SMILES string of the molecule is COc1cccc(Nc2ncc(OC(=O)NCC3CCCCC3)c(C(F)(F)F)n2)c1. The van der Waals surface area contributed by atoms with Crippen LogP contribution in [0.1, 0.15) is 37.8 Å². The summed E-state index contributed by atoms with van der Waals surface area (Å²) >= 11 is 0. The molecule has 1 aliphatic carbocycles. The van der Waals surface area contributed by atoms with Gasteiger partial charge in [0.1, 0.15) is 5.75 Å². The zero-order chi connectivity index (χ0) is 21.6. The molecule has 0 spiro atoms. The first-order chi connectivity index (χ1) is 14.3. The van der Waals surface area contributed by atoms with Crippen molar-refractivity contribution in [2.75, 3.05) is 19.0 Å². The topological polar surface area (TPSA) is 85.4 Å². The van der Waals surface area contributed by atoms with Crippen molar-refractivity contribution in [3.8, 4) is 11.5 Å². The van der Waals surface area contributed by atoms with E-state index in [0.29, 0.717) is 23.9 Å². The van der Waals surface area contributed by atoms with E-state index in [1.54, 1.807) is 24.3 Å². The molecule has 30 heavy (non-hydrogen) atoms. The number of nitrogens with one attached hydrogen (secondary N) is 2. The lowest BCUT2D eigenvalue weighted by molar-refractivity contribution is -0.142. The van der Waals surface area contributed by atoms with Gasteiger partial charge in [0.25, 0.3) is 0 Å². The molecule has 1 aromatic heterocycles. The van der Waals surface area contributed by atoms with Gasteiger partial charge in [-0.3, -0.25) is 0 Å². The fourth-order valence-electron chi connectivity index (χ4n) is 3.29. The minimum atomic E-state index is -4.83. The average molecular weight is 424 g/mol. The van der Waals surface area contributed by atoms with Gasteiger partial charge >= 0.3 is 12.3 Å². The van der Waals surface area contributed by atoms with Gasteiger partial charge in [-0.15, -0.1) is 0 Å². The van der Waals surface area contributed by atoms with Crippen molar-refractivity contribution in [3.05, 3.63) is 36.2 Å². The van der Waals surface area contributed by atoms with Crippen molar-refractivity contribution in [2.45, 2.75) is 38.3 Å². The number of halogens is 3. The van der Waals surface area contributed by atoms with E-state index >= 15 is 0 Å². The predicted octanol–water partition coefficient (Wildman–Crippen LogP) is 4.92. The molecular formula is C20H23F3N4O3. The standard InChI is InChI=1S/C20H23F3N4O3/c1-29-15-9-5-8-14(10-15)26-18-24-12-16(17(27-18)20(21,22)23)30-19(28)25-11-13-6-3-2-4-7-13/h5,8-10,12-13H,2-4,6-7,11H2,1H3,(H,25,28)(H,24,26,27). The third-order valence-electron chi connectivity index (χ3n) is 4.81. The molecule has 0 unspecified atom stereocenters. The molecular weight excluding hydrogens is 401 g/mol. The lowest BCUT2D eigenvalue weighted by atomic mass is 9.89. The van der Waals surface area contributed by atoms with E-state index in [0.717, 1.165) is 31.9 Å². The van der Waals surface area contributed by atoms with Crippen molar-refractivity contribution in [1.29, 1.82) is 0 Å². The van der Waals surface area contributed by atoms with Crippen LogP contribution < -0.4 is 20.1 Å². The number of amides is 1. The summed E-state index contributed by atoms with van der Waals surface area (Å²) in [7, 11) is 1.48. The number of nitrogens with zero attached hydrogens (tertiary/aromatic N) is 2. The number of alkyl halides is 3. The number of aromatic nitrogens is 2. The highest BCUT2D eigenvalue weighted by molar-refractivity contribution is 5.70. The van der Waals surface area contributed by atoms with Crippen LogP contribution in [0.5, 0.6) is 11.5 Å². The molecule has 1 amide bonds. The van der Waals surface area contributed by atoms with Crippen LogP contribution in [0.4, 0.5) is 29.6 Å². The molecule has 0 aliphatic heterocycles. The van der Waals surface area contributed by atoms with E-state index in [9.17, 15) is 18.0 Å². The highest BCUT2D eigenvalue weighted by Crippen LogP contribution is 2.35. The molecule has 1 fully saturated rings. The maximum Gasteiger partial charge on any atom is 0.437 e. The average Bonchev–Trinajstić information content (AvgIpc) is 2.73. The Balaban J connectivity index is 1.70. The number of ether oxygens (including phenoxy) is 2. The highest BCUT2D eigenvalue weighted by atomic mass is 19.4. The molecule has 3 rings (SSSR count). The van der Waals surface area contributed by atoms with Crippen molar-refractivity contribution in [2.24, 2.45) is 5.92 Å². The Morgan fingerprint density at radius 1 is 1.23 bits per heavy atom. The monoisotopic (exact) mass is 424 g/mol. The Labute approximate surface area is 172 Å². The number of rotatable bonds is 6. The van der Waals surface area contributed by atoms with Gasteiger partial charge < -0.3 is 20.1 Å². The van der Waals surface area contributed by atoms with Crippen LogP contribution in [0.2, 0.25) is 0 Å². The van der Waals surface area contributed by atoms with E-state index in [4.69, 9.17) is 9.47 Å². The maximum atomic E-state index is 13.5. The molecule has 0 radical (unpaired) electrons. The van der Waals surface area contributed by atoms with Crippen LogP contribution in [0.3, 0.4) is 0 Å².